The molecule has 0 radical (unpaired) electrons. The Bertz CT molecular complexity index is 2270. The van der Waals surface area contributed by atoms with Crippen LogP contribution in [0, 0.1) is 5.92 Å². The third kappa shape index (κ3) is 6.39. The number of aromatic nitrogens is 4. The van der Waals surface area contributed by atoms with Gasteiger partial charge in [0, 0.05) is 29.4 Å². The Kier molecular flexibility index (Phi) is 8.98. The number of amides is 3. The van der Waals surface area contributed by atoms with E-state index in [1.165, 1.54) is 7.11 Å². The smallest absolute Gasteiger partial charge is 0.410 e. The second-order valence-electron chi connectivity index (χ2n) is 15.8. The Balaban J connectivity index is 1.05. The first-order chi connectivity index (χ1) is 25.9. The number of carbonyl (C=O) groups is 3. The molecule has 0 bridgehead atoms. The van der Waals surface area contributed by atoms with E-state index in [0.29, 0.717) is 19.7 Å². The van der Waals surface area contributed by atoms with Gasteiger partial charge >= 0.3 is 12.2 Å². The number of hydrogen-bond acceptors (Lipinski definition) is 8. The third-order valence-corrected chi connectivity index (χ3v) is 10.7. The Morgan fingerprint density at radius 2 is 1.65 bits per heavy atom. The van der Waals surface area contributed by atoms with Crippen molar-refractivity contribution in [3.8, 4) is 28.1 Å². The van der Waals surface area contributed by atoms with Gasteiger partial charge < -0.3 is 34.4 Å². The fourth-order valence-electron chi connectivity index (χ4n) is 8.12. The molecule has 3 amide bonds. The van der Waals surface area contributed by atoms with Gasteiger partial charge in [0.2, 0.25) is 5.91 Å². The zero-order valence-corrected chi connectivity index (χ0v) is 31.6. The molecule has 0 saturated carbocycles. The van der Waals surface area contributed by atoms with Gasteiger partial charge in [-0.05, 0) is 93.3 Å². The number of imidazole rings is 2. The Morgan fingerprint density at radius 1 is 0.926 bits per heavy atom. The molecule has 3 unspecified atom stereocenters. The number of hydrogen-bond donors (Lipinski definition) is 3. The van der Waals surface area contributed by atoms with E-state index >= 15 is 0 Å². The van der Waals surface area contributed by atoms with Gasteiger partial charge in [-0.2, -0.15) is 0 Å². The fraction of sp³-hybridized carbons (Fsp3) is 0.439. The van der Waals surface area contributed by atoms with Gasteiger partial charge in [0.25, 0.3) is 0 Å². The van der Waals surface area contributed by atoms with Crippen molar-refractivity contribution < 1.29 is 28.6 Å². The molecule has 5 aromatic rings. The van der Waals surface area contributed by atoms with Crippen LogP contribution in [0.25, 0.3) is 44.2 Å². The van der Waals surface area contributed by atoms with Crippen molar-refractivity contribution in [2.75, 3.05) is 20.2 Å². The van der Waals surface area contributed by atoms with Crippen LogP contribution < -0.4 is 10.1 Å². The van der Waals surface area contributed by atoms with Crippen molar-refractivity contribution in [3.05, 3.63) is 65.9 Å². The van der Waals surface area contributed by atoms with Crippen molar-refractivity contribution in [3.63, 3.8) is 0 Å². The summed E-state index contributed by atoms with van der Waals surface area (Å²) in [6.07, 6.45) is 4.24. The largest absolute Gasteiger partial charge is 0.488 e. The number of nitrogens with zero attached hydrogens (tertiary/aromatic N) is 4. The number of rotatable bonds is 6. The molecule has 3 aliphatic heterocycles. The van der Waals surface area contributed by atoms with E-state index in [4.69, 9.17) is 24.2 Å². The molecule has 282 valence electrons. The van der Waals surface area contributed by atoms with Crippen LogP contribution in [-0.4, -0.2) is 79.7 Å². The molecule has 0 spiro atoms. The average molecular weight is 734 g/mol. The lowest BCUT2D eigenvalue weighted by molar-refractivity contribution is -0.135. The SMILES string of the molecule is COC(=O)NC(C(=O)N1CCCC1c1nc2c(ccc3c4c(ccc32)-c2ccc(-c3cnc(C5CCCN5C(=O)OC(C)(C)C)[nH]3)cc2CO4)[nH]1)C(C)C. The highest BCUT2D eigenvalue weighted by atomic mass is 16.6. The summed E-state index contributed by atoms with van der Waals surface area (Å²) in [7, 11) is 1.30. The number of alkyl carbamates (subject to hydrolysis) is 1. The maximum atomic E-state index is 13.7. The van der Waals surface area contributed by atoms with Crippen LogP contribution in [-0.2, 0) is 20.9 Å². The lowest BCUT2D eigenvalue weighted by atomic mass is 9.92. The number of aromatic amines is 2. The van der Waals surface area contributed by atoms with E-state index in [9.17, 15) is 14.4 Å². The number of benzene rings is 3. The van der Waals surface area contributed by atoms with Gasteiger partial charge in [0.15, 0.2) is 0 Å². The van der Waals surface area contributed by atoms with Crippen LogP contribution in [0.5, 0.6) is 5.75 Å². The minimum absolute atomic E-state index is 0.112. The lowest BCUT2D eigenvalue weighted by Crippen LogP contribution is -2.51. The summed E-state index contributed by atoms with van der Waals surface area (Å²) in [5, 5.41) is 4.66. The zero-order valence-electron chi connectivity index (χ0n) is 31.6. The molecule has 8 rings (SSSR count). The van der Waals surface area contributed by atoms with Gasteiger partial charge in [0.1, 0.15) is 35.6 Å². The molecular formula is C41H47N7O6. The Morgan fingerprint density at radius 3 is 2.39 bits per heavy atom. The van der Waals surface area contributed by atoms with Gasteiger partial charge in [-0.1, -0.05) is 32.0 Å². The summed E-state index contributed by atoms with van der Waals surface area (Å²) in [4.78, 5) is 59.0. The van der Waals surface area contributed by atoms with E-state index in [0.717, 1.165) is 92.8 Å². The first-order valence-electron chi connectivity index (χ1n) is 18.8. The predicted octanol–water partition coefficient (Wildman–Crippen LogP) is 7.78. The number of nitrogens with one attached hydrogen (secondary N) is 3. The highest BCUT2D eigenvalue weighted by Crippen LogP contribution is 2.45. The molecule has 2 fully saturated rings. The van der Waals surface area contributed by atoms with Gasteiger partial charge in [-0.3, -0.25) is 9.69 Å². The molecule has 13 heteroatoms. The number of likely N-dealkylation sites (tertiary alicyclic amines) is 2. The van der Waals surface area contributed by atoms with Crippen molar-refractivity contribution in [2.45, 2.75) is 90.6 Å². The molecule has 3 N–H and O–H groups in total. The molecule has 2 aromatic heterocycles. The average Bonchev–Trinajstić information content (AvgIpc) is 3.97. The van der Waals surface area contributed by atoms with Crippen LogP contribution in [0.1, 0.15) is 89.6 Å². The monoisotopic (exact) mass is 733 g/mol. The van der Waals surface area contributed by atoms with Crippen molar-refractivity contribution in [1.82, 2.24) is 35.1 Å². The summed E-state index contributed by atoms with van der Waals surface area (Å²) < 4.78 is 16.9. The molecule has 3 aromatic carbocycles. The van der Waals surface area contributed by atoms with Crippen molar-refractivity contribution in [2.24, 2.45) is 5.92 Å². The molecule has 3 atom stereocenters. The lowest BCUT2D eigenvalue weighted by Gasteiger charge is -2.29. The summed E-state index contributed by atoms with van der Waals surface area (Å²) in [6.45, 7) is 11.1. The van der Waals surface area contributed by atoms with E-state index in [1.54, 1.807) is 4.90 Å². The second-order valence-corrected chi connectivity index (χ2v) is 15.8. The molecule has 3 aliphatic rings. The maximum absolute atomic E-state index is 13.7. The van der Waals surface area contributed by atoms with Crippen LogP contribution in [0.3, 0.4) is 0 Å². The maximum Gasteiger partial charge on any atom is 0.410 e. The molecule has 2 saturated heterocycles. The zero-order chi connectivity index (χ0) is 37.9. The predicted molar refractivity (Wildman–Crippen MR) is 204 cm³/mol. The molecular weight excluding hydrogens is 686 g/mol. The highest BCUT2D eigenvalue weighted by Gasteiger charge is 2.38. The summed E-state index contributed by atoms with van der Waals surface area (Å²) >= 11 is 0. The summed E-state index contributed by atoms with van der Waals surface area (Å²) in [5.74, 6) is 2.05. The van der Waals surface area contributed by atoms with E-state index in [1.807, 2.05) is 51.8 Å². The number of carbonyl (C=O) groups excluding carboxylic acids is 3. The van der Waals surface area contributed by atoms with E-state index in [-0.39, 0.29) is 30.0 Å². The van der Waals surface area contributed by atoms with Crippen LogP contribution >= 0.6 is 0 Å². The Hall–Kier alpha value is -5.59. The van der Waals surface area contributed by atoms with Crippen LogP contribution in [0.15, 0.2) is 48.7 Å². The minimum Gasteiger partial charge on any atom is -0.488 e. The molecule has 54 heavy (non-hydrogen) atoms. The number of H-pyrrole nitrogens is 2. The van der Waals surface area contributed by atoms with Crippen molar-refractivity contribution >= 4 is 39.9 Å². The number of ether oxygens (including phenoxy) is 3. The first kappa shape index (κ1) is 35.4. The summed E-state index contributed by atoms with van der Waals surface area (Å²) in [5.41, 5.74) is 6.22. The normalized spacial score (nSPS) is 18.8. The standard InChI is InChI=1S/C41H47N7O6/c1-22(2)33(46-39(50)52-6)38(49)47-17-7-10-32(47)37-43-29-16-15-28-26(34(29)45-37)13-14-27-25-12-11-23(19-24(25)21-53-35(27)28)30-20-42-36(44-30)31-9-8-18-48(31)40(51)54-41(3,4)5/h11-16,19-20,22,31-33H,7-10,17-18,21H2,1-6H3,(H,42,44)(H,43,45)(H,46,50). The van der Waals surface area contributed by atoms with Gasteiger partial charge in [0.05, 0.1) is 42.1 Å². The highest BCUT2D eigenvalue weighted by molar-refractivity contribution is 6.09. The van der Waals surface area contributed by atoms with E-state index in [2.05, 4.69) is 51.7 Å². The van der Waals surface area contributed by atoms with Crippen LogP contribution in [0.2, 0.25) is 0 Å². The second kappa shape index (κ2) is 13.7. The minimum atomic E-state index is -0.698. The molecule has 0 aliphatic carbocycles. The van der Waals surface area contributed by atoms with E-state index < -0.39 is 17.7 Å². The number of fused-ring (bicyclic) bond motifs is 7. The molecule has 5 heterocycles. The van der Waals surface area contributed by atoms with Crippen LogP contribution in [0.4, 0.5) is 9.59 Å². The number of methoxy groups -OCH3 is 1. The Labute approximate surface area is 313 Å². The quantitative estimate of drug-likeness (QED) is 0.160. The third-order valence-electron chi connectivity index (χ3n) is 10.7. The summed E-state index contributed by atoms with van der Waals surface area (Å²) in [6, 6.07) is 13.6. The van der Waals surface area contributed by atoms with Gasteiger partial charge in [-0.15, -0.1) is 0 Å². The first-order valence-corrected chi connectivity index (χ1v) is 18.8. The molecule has 13 nitrogen and oxygen atoms in total. The fourth-order valence-corrected chi connectivity index (χ4v) is 8.12. The topological polar surface area (TPSA) is 155 Å². The van der Waals surface area contributed by atoms with Crippen molar-refractivity contribution in [1.29, 1.82) is 0 Å². The van der Waals surface area contributed by atoms with Gasteiger partial charge in [-0.25, -0.2) is 19.6 Å².